The first-order chi connectivity index (χ1) is 9.15. The first-order valence-electron chi connectivity index (χ1n) is 7.34. The number of hydrogen-bond donors (Lipinski definition) is 2. The van der Waals surface area contributed by atoms with E-state index in [4.69, 9.17) is 0 Å². The molecule has 0 spiro atoms. The van der Waals surface area contributed by atoms with Gasteiger partial charge in [0.25, 0.3) is 0 Å². The van der Waals surface area contributed by atoms with Crippen molar-refractivity contribution < 1.29 is 5.11 Å². The monoisotopic (exact) mass is 262 g/mol. The van der Waals surface area contributed by atoms with E-state index in [0.29, 0.717) is 11.8 Å². The molecule has 0 saturated carbocycles. The lowest BCUT2D eigenvalue weighted by atomic mass is 9.95. The number of hydrogen-bond acceptors (Lipinski definition) is 3. The van der Waals surface area contributed by atoms with E-state index >= 15 is 0 Å². The van der Waals surface area contributed by atoms with Crippen molar-refractivity contribution in [3.8, 4) is 5.75 Å². The van der Waals surface area contributed by atoms with Crippen LogP contribution in [0.25, 0.3) is 0 Å². The number of piperidine rings is 1. The van der Waals surface area contributed by atoms with Crippen molar-refractivity contribution in [2.24, 2.45) is 0 Å². The van der Waals surface area contributed by atoms with Gasteiger partial charge < -0.3 is 15.3 Å². The van der Waals surface area contributed by atoms with E-state index in [2.05, 4.69) is 30.4 Å². The van der Waals surface area contributed by atoms with Crippen LogP contribution in [0.1, 0.15) is 30.4 Å². The molecule has 1 fully saturated rings. The molecule has 0 bridgehead atoms. The Bertz CT molecular complexity index is 398. The Kier molecular flexibility index (Phi) is 5.23. The van der Waals surface area contributed by atoms with Crippen molar-refractivity contribution in [2.75, 3.05) is 27.2 Å². The zero-order valence-electron chi connectivity index (χ0n) is 12.2. The van der Waals surface area contributed by atoms with Gasteiger partial charge in [0.05, 0.1) is 0 Å². The third-order valence-electron chi connectivity index (χ3n) is 3.87. The molecule has 19 heavy (non-hydrogen) atoms. The van der Waals surface area contributed by atoms with Crippen molar-refractivity contribution in [1.82, 2.24) is 10.2 Å². The first-order valence-corrected chi connectivity index (χ1v) is 7.34. The standard InChI is InChI=1S/C16H26N2O/c1-18(2)10-8-13-6-7-16(19)14(11-13)12-15-5-3-4-9-17-15/h6-7,11,15,17,19H,3-5,8-10,12H2,1-2H3. The third kappa shape index (κ3) is 4.51. The van der Waals surface area contributed by atoms with E-state index < -0.39 is 0 Å². The minimum Gasteiger partial charge on any atom is -0.508 e. The molecule has 0 amide bonds. The van der Waals surface area contributed by atoms with Gasteiger partial charge in [0.15, 0.2) is 0 Å². The highest BCUT2D eigenvalue weighted by Crippen LogP contribution is 2.22. The van der Waals surface area contributed by atoms with Crippen LogP contribution in [0.4, 0.5) is 0 Å². The van der Waals surface area contributed by atoms with Gasteiger partial charge in [-0.05, 0) is 63.5 Å². The summed E-state index contributed by atoms with van der Waals surface area (Å²) in [6.07, 6.45) is 5.80. The summed E-state index contributed by atoms with van der Waals surface area (Å²) >= 11 is 0. The molecule has 1 unspecified atom stereocenters. The summed E-state index contributed by atoms with van der Waals surface area (Å²) in [6.45, 7) is 2.16. The second-order valence-electron chi connectivity index (χ2n) is 5.87. The fourth-order valence-corrected chi connectivity index (χ4v) is 2.67. The topological polar surface area (TPSA) is 35.5 Å². The molecule has 0 aliphatic carbocycles. The minimum absolute atomic E-state index is 0.445. The number of nitrogens with zero attached hydrogens (tertiary/aromatic N) is 1. The summed E-state index contributed by atoms with van der Waals surface area (Å²) in [6, 6.07) is 6.60. The molecule has 2 rings (SSSR count). The summed E-state index contributed by atoms with van der Waals surface area (Å²) in [5.74, 6) is 0.445. The lowest BCUT2D eigenvalue weighted by Gasteiger charge is -2.24. The zero-order chi connectivity index (χ0) is 13.7. The SMILES string of the molecule is CN(C)CCc1ccc(O)c(CC2CCCCN2)c1. The molecule has 3 heteroatoms. The predicted molar refractivity (Wildman–Crippen MR) is 79.7 cm³/mol. The Morgan fingerprint density at radius 2 is 2.16 bits per heavy atom. The Morgan fingerprint density at radius 3 is 2.84 bits per heavy atom. The lowest BCUT2D eigenvalue weighted by molar-refractivity contribution is 0.391. The molecule has 1 aromatic carbocycles. The number of nitrogens with one attached hydrogen (secondary N) is 1. The lowest BCUT2D eigenvalue weighted by Crippen LogP contribution is -2.35. The number of likely N-dealkylation sites (N-methyl/N-ethyl adjacent to an activating group) is 1. The maximum absolute atomic E-state index is 10.0. The van der Waals surface area contributed by atoms with Crippen LogP contribution in [0.2, 0.25) is 0 Å². The van der Waals surface area contributed by atoms with Crippen LogP contribution in [0, 0.1) is 0 Å². The van der Waals surface area contributed by atoms with Crippen LogP contribution < -0.4 is 5.32 Å². The number of aromatic hydroxyl groups is 1. The molecular formula is C16H26N2O. The summed E-state index contributed by atoms with van der Waals surface area (Å²) in [5.41, 5.74) is 2.41. The third-order valence-corrected chi connectivity index (χ3v) is 3.87. The number of phenolic OH excluding ortho intramolecular Hbond substituents is 1. The minimum atomic E-state index is 0.445. The number of benzene rings is 1. The maximum Gasteiger partial charge on any atom is 0.118 e. The van der Waals surface area contributed by atoms with E-state index in [1.807, 2.05) is 12.1 Å². The molecule has 0 aromatic heterocycles. The largest absolute Gasteiger partial charge is 0.508 e. The van der Waals surface area contributed by atoms with Gasteiger partial charge in [-0.3, -0.25) is 0 Å². The Balaban J connectivity index is 1.99. The molecule has 106 valence electrons. The van der Waals surface area contributed by atoms with Crippen LogP contribution in [0.15, 0.2) is 18.2 Å². The molecule has 1 saturated heterocycles. The Morgan fingerprint density at radius 1 is 1.32 bits per heavy atom. The van der Waals surface area contributed by atoms with Gasteiger partial charge >= 0.3 is 0 Å². The van der Waals surface area contributed by atoms with Crippen molar-refractivity contribution in [3.05, 3.63) is 29.3 Å². The van der Waals surface area contributed by atoms with Crippen LogP contribution in [-0.4, -0.2) is 43.2 Å². The molecule has 2 N–H and O–H groups in total. The quantitative estimate of drug-likeness (QED) is 0.854. The van der Waals surface area contributed by atoms with Gasteiger partial charge in [0, 0.05) is 12.6 Å². The first kappa shape index (κ1) is 14.4. The van der Waals surface area contributed by atoms with Crippen molar-refractivity contribution in [2.45, 2.75) is 38.1 Å². The molecule has 1 atom stereocenters. The van der Waals surface area contributed by atoms with E-state index in [-0.39, 0.29) is 0 Å². The van der Waals surface area contributed by atoms with Crippen molar-refractivity contribution in [3.63, 3.8) is 0 Å². The highest BCUT2D eigenvalue weighted by Gasteiger charge is 2.15. The second-order valence-corrected chi connectivity index (χ2v) is 5.87. The van der Waals surface area contributed by atoms with E-state index in [1.54, 1.807) is 0 Å². The Labute approximate surface area is 116 Å². The molecule has 1 heterocycles. The highest BCUT2D eigenvalue weighted by atomic mass is 16.3. The van der Waals surface area contributed by atoms with Gasteiger partial charge in [0.1, 0.15) is 5.75 Å². The fourth-order valence-electron chi connectivity index (χ4n) is 2.67. The van der Waals surface area contributed by atoms with Crippen molar-refractivity contribution >= 4 is 0 Å². The summed E-state index contributed by atoms with van der Waals surface area (Å²) in [4.78, 5) is 2.19. The summed E-state index contributed by atoms with van der Waals surface area (Å²) in [7, 11) is 4.18. The summed E-state index contributed by atoms with van der Waals surface area (Å²) < 4.78 is 0. The predicted octanol–water partition coefficient (Wildman–Crippen LogP) is 2.18. The second kappa shape index (κ2) is 6.92. The molecule has 3 nitrogen and oxygen atoms in total. The molecule has 0 radical (unpaired) electrons. The van der Waals surface area contributed by atoms with Gasteiger partial charge in [-0.25, -0.2) is 0 Å². The van der Waals surface area contributed by atoms with Crippen LogP contribution in [0.3, 0.4) is 0 Å². The van der Waals surface area contributed by atoms with Gasteiger partial charge in [-0.15, -0.1) is 0 Å². The van der Waals surface area contributed by atoms with Crippen molar-refractivity contribution in [1.29, 1.82) is 0 Å². The van der Waals surface area contributed by atoms with Crippen LogP contribution in [0.5, 0.6) is 5.75 Å². The van der Waals surface area contributed by atoms with Gasteiger partial charge in [-0.1, -0.05) is 18.6 Å². The maximum atomic E-state index is 10.0. The van der Waals surface area contributed by atoms with Crippen LogP contribution in [-0.2, 0) is 12.8 Å². The molecule has 1 aromatic rings. The van der Waals surface area contributed by atoms with Gasteiger partial charge in [-0.2, -0.15) is 0 Å². The fraction of sp³-hybridized carbons (Fsp3) is 0.625. The average molecular weight is 262 g/mol. The number of rotatable bonds is 5. The highest BCUT2D eigenvalue weighted by molar-refractivity contribution is 5.37. The van der Waals surface area contributed by atoms with Crippen LogP contribution >= 0.6 is 0 Å². The normalized spacial score (nSPS) is 19.8. The molecule has 1 aliphatic rings. The molecule has 1 aliphatic heterocycles. The summed E-state index contributed by atoms with van der Waals surface area (Å²) in [5, 5.41) is 13.5. The van der Waals surface area contributed by atoms with E-state index in [9.17, 15) is 5.11 Å². The number of phenols is 1. The molecular weight excluding hydrogens is 236 g/mol. The Hall–Kier alpha value is -1.06. The van der Waals surface area contributed by atoms with E-state index in [0.717, 1.165) is 31.5 Å². The van der Waals surface area contributed by atoms with E-state index in [1.165, 1.54) is 24.8 Å². The zero-order valence-corrected chi connectivity index (χ0v) is 12.2. The average Bonchev–Trinajstić information content (AvgIpc) is 2.41. The smallest absolute Gasteiger partial charge is 0.118 e. The van der Waals surface area contributed by atoms with Gasteiger partial charge in [0.2, 0.25) is 0 Å².